The number of nitrogens with one attached hydrogen (secondary N) is 1. The number of anilines is 1. The molecule has 1 amide bonds. The molecule has 130 valence electrons. The van der Waals surface area contributed by atoms with Crippen molar-refractivity contribution in [2.45, 2.75) is 32.6 Å². The lowest BCUT2D eigenvalue weighted by atomic mass is 9.93. The molecular formula is C18H18BrN3OS2. The Hall–Kier alpha value is -1.57. The van der Waals surface area contributed by atoms with E-state index < -0.39 is 0 Å². The molecule has 7 heteroatoms. The van der Waals surface area contributed by atoms with Gasteiger partial charge in [0, 0.05) is 26.2 Å². The molecule has 0 radical (unpaired) electrons. The number of nitrogens with zero attached hydrogens (tertiary/aromatic N) is 2. The number of benzene rings is 1. The van der Waals surface area contributed by atoms with Gasteiger partial charge in [0.25, 0.3) is 0 Å². The number of hydrogen-bond acceptors (Lipinski definition) is 5. The van der Waals surface area contributed by atoms with Gasteiger partial charge in [-0.15, -0.1) is 22.7 Å². The summed E-state index contributed by atoms with van der Waals surface area (Å²) in [6.07, 6.45) is 0.245. The minimum atomic E-state index is -0.0964. The Morgan fingerprint density at radius 3 is 2.68 bits per heavy atom. The molecule has 0 bridgehead atoms. The van der Waals surface area contributed by atoms with Gasteiger partial charge in [-0.2, -0.15) is 0 Å². The monoisotopic (exact) mass is 435 g/mol. The van der Waals surface area contributed by atoms with Crippen molar-refractivity contribution in [2.75, 3.05) is 5.32 Å². The van der Waals surface area contributed by atoms with Crippen molar-refractivity contribution >= 4 is 49.6 Å². The predicted octanol–water partition coefficient (Wildman–Crippen LogP) is 5.51. The maximum absolute atomic E-state index is 12.3. The maximum Gasteiger partial charge on any atom is 0.232 e. The minimum absolute atomic E-state index is 0.0206. The molecule has 4 nitrogen and oxygen atoms in total. The zero-order chi connectivity index (χ0) is 18.0. The van der Waals surface area contributed by atoms with Gasteiger partial charge >= 0.3 is 0 Å². The summed E-state index contributed by atoms with van der Waals surface area (Å²) in [5, 5.41) is 8.33. The topological polar surface area (TPSA) is 54.9 Å². The molecule has 1 N–H and O–H groups in total. The average molecular weight is 436 g/mol. The zero-order valence-corrected chi connectivity index (χ0v) is 17.4. The number of amides is 1. The van der Waals surface area contributed by atoms with Crippen molar-refractivity contribution < 1.29 is 4.79 Å². The van der Waals surface area contributed by atoms with Crippen LogP contribution in [0.4, 0.5) is 5.13 Å². The summed E-state index contributed by atoms with van der Waals surface area (Å²) >= 11 is 6.46. The Morgan fingerprint density at radius 1 is 1.20 bits per heavy atom. The van der Waals surface area contributed by atoms with Gasteiger partial charge in [-0.25, -0.2) is 9.97 Å². The largest absolute Gasteiger partial charge is 0.302 e. The predicted molar refractivity (Wildman–Crippen MR) is 108 cm³/mol. The number of hydrogen-bond donors (Lipinski definition) is 1. The van der Waals surface area contributed by atoms with Crippen LogP contribution in [0.25, 0.3) is 10.6 Å². The van der Waals surface area contributed by atoms with E-state index in [1.807, 2.05) is 35.0 Å². The van der Waals surface area contributed by atoms with Gasteiger partial charge in [-0.1, -0.05) is 48.8 Å². The van der Waals surface area contributed by atoms with Gasteiger partial charge in [-0.05, 0) is 12.1 Å². The molecule has 0 spiro atoms. The zero-order valence-electron chi connectivity index (χ0n) is 14.2. The molecule has 0 aliphatic carbocycles. The van der Waals surface area contributed by atoms with Crippen molar-refractivity contribution in [3.63, 3.8) is 0 Å². The van der Waals surface area contributed by atoms with Gasteiger partial charge in [0.1, 0.15) is 5.01 Å². The molecule has 0 fully saturated rings. The van der Waals surface area contributed by atoms with E-state index in [0.29, 0.717) is 5.13 Å². The first-order chi connectivity index (χ1) is 11.8. The van der Waals surface area contributed by atoms with E-state index in [9.17, 15) is 4.79 Å². The summed E-state index contributed by atoms with van der Waals surface area (Å²) in [5.41, 5.74) is 2.78. The van der Waals surface area contributed by atoms with Crippen molar-refractivity contribution in [2.24, 2.45) is 0 Å². The second kappa shape index (κ2) is 7.35. The normalized spacial score (nSPS) is 11.5. The maximum atomic E-state index is 12.3. The van der Waals surface area contributed by atoms with Crippen LogP contribution in [0.15, 0.2) is 39.5 Å². The quantitative estimate of drug-likeness (QED) is 0.587. The van der Waals surface area contributed by atoms with Crippen molar-refractivity contribution in [1.29, 1.82) is 0 Å². The van der Waals surface area contributed by atoms with Crippen molar-refractivity contribution in [3.05, 3.63) is 50.9 Å². The molecule has 3 aromatic rings. The highest BCUT2D eigenvalue weighted by Gasteiger charge is 2.18. The highest BCUT2D eigenvalue weighted by Crippen LogP contribution is 2.28. The first kappa shape index (κ1) is 18.2. The van der Waals surface area contributed by atoms with Crippen molar-refractivity contribution in [3.8, 4) is 10.6 Å². The van der Waals surface area contributed by atoms with E-state index in [0.717, 1.165) is 26.4 Å². The van der Waals surface area contributed by atoms with E-state index in [-0.39, 0.29) is 17.7 Å². The van der Waals surface area contributed by atoms with E-state index in [2.05, 4.69) is 52.0 Å². The molecule has 1 aromatic carbocycles. The number of aromatic nitrogens is 2. The molecule has 2 heterocycles. The fourth-order valence-corrected chi connectivity index (χ4v) is 4.32. The van der Waals surface area contributed by atoms with Gasteiger partial charge in [0.05, 0.1) is 17.8 Å². The molecule has 0 aliphatic rings. The number of carbonyl (C=O) groups excluding carboxylic acids is 1. The lowest BCUT2D eigenvalue weighted by Crippen LogP contribution is -2.16. The second-order valence-corrected chi connectivity index (χ2v) is 9.30. The Balaban J connectivity index is 1.65. The second-order valence-electron chi connectivity index (χ2n) is 6.67. The van der Waals surface area contributed by atoms with E-state index in [1.165, 1.54) is 11.3 Å². The molecule has 0 saturated carbocycles. The van der Waals surface area contributed by atoms with E-state index in [1.54, 1.807) is 11.3 Å². The summed E-state index contributed by atoms with van der Waals surface area (Å²) in [7, 11) is 0. The molecule has 0 aliphatic heterocycles. The summed E-state index contributed by atoms with van der Waals surface area (Å²) in [4.78, 5) is 21.3. The summed E-state index contributed by atoms with van der Waals surface area (Å²) in [6.45, 7) is 6.31. The van der Waals surface area contributed by atoms with Gasteiger partial charge in [-0.3, -0.25) is 4.79 Å². The molecule has 2 aromatic heterocycles. The fourth-order valence-electron chi connectivity index (χ4n) is 2.15. The summed E-state index contributed by atoms with van der Waals surface area (Å²) < 4.78 is 1.01. The summed E-state index contributed by atoms with van der Waals surface area (Å²) in [5.74, 6) is -0.0964. The fraction of sp³-hybridized carbons (Fsp3) is 0.278. The molecule has 0 unspecified atom stereocenters. The first-order valence-corrected chi connectivity index (χ1v) is 10.3. The van der Waals surface area contributed by atoms with Crippen LogP contribution in [-0.2, 0) is 16.6 Å². The van der Waals surface area contributed by atoms with Crippen LogP contribution in [0.1, 0.15) is 32.2 Å². The Bertz CT molecular complexity index is 896. The number of thiazole rings is 2. The molecule has 0 saturated heterocycles. The van der Waals surface area contributed by atoms with Gasteiger partial charge in [0.2, 0.25) is 5.91 Å². The minimum Gasteiger partial charge on any atom is -0.302 e. The van der Waals surface area contributed by atoms with Crippen LogP contribution in [0.5, 0.6) is 0 Å². The van der Waals surface area contributed by atoms with Crippen LogP contribution >= 0.6 is 38.6 Å². The molecule has 3 rings (SSSR count). The Kier molecular flexibility index (Phi) is 5.36. The number of carbonyl (C=O) groups is 1. The Labute approximate surface area is 163 Å². The lowest BCUT2D eigenvalue weighted by Gasteiger charge is -2.14. The van der Waals surface area contributed by atoms with Crippen LogP contribution < -0.4 is 5.32 Å². The van der Waals surface area contributed by atoms with Crippen LogP contribution in [0, 0.1) is 0 Å². The molecule has 25 heavy (non-hydrogen) atoms. The highest BCUT2D eigenvalue weighted by molar-refractivity contribution is 9.10. The van der Waals surface area contributed by atoms with Gasteiger partial charge < -0.3 is 5.32 Å². The third-order valence-corrected chi connectivity index (χ3v) is 5.68. The molecule has 0 atom stereocenters. The smallest absolute Gasteiger partial charge is 0.232 e. The van der Waals surface area contributed by atoms with E-state index >= 15 is 0 Å². The SMILES string of the molecule is CC(C)(C)c1csc(NC(=O)Cc2csc(-c3cccc(Br)c3)n2)n1. The lowest BCUT2D eigenvalue weighted by molar-refractivity contribution is -0.115. The van der Waals surface area contributed by atoms with Crippen LogP contribution in [-0.4, -0.2) is 15.9 Å². The molecular weight excluding hydrogens is 418 g/mol. The van der Waals surface area contributed by atoms with Crippen LogP contribution in [0.3, 0.4) is 0 Å². The van der Waals surface area contributed by atoms with Gasteiger partial charge in [0.15, 0.2) is 5.13 Å². The highest BCUT2D eigenvalue weighted by atomic mass is 79.9. The Morgan fingerprint density at radius 2 is 2.00 bits per heavy atom. The third kappa shape index (κ3) is 4.74. The van der Waals surface area contributed by atoms with E-state index in [4.69, 9.17) is 0 Å². The average Bonchev–Trinajstić information content (AvgIpc) is 3.16. The number of halogens is 1. The standard InChI is InChI=1S/C18H18BrN3OS2/c1-18(2,3)14-10-25-17(21-14)22-15(23)8-13-9-24-16(20-13)11-5-4-6-12(19)7-11/h4-7,9-10H,8H2,1-3H3,(H,21,22,23). The van der Waals surface area contributed by atoms with Crippen LogP contribution in [0.2, 0.25) is 0 Å². The van der Waals surface area contributed by atoms with Crippen molar-refractivity contribution in [1.82, 2.24) is 9.97 Å². The third-order valence-electron chi connectivity index (χ3n) is 3.48. The summed E-state index contributed by atoms with van der Waals surface area (Å²) in [6, 6.07) is 7.98. The first-order valence-electron chi connectivity index (χ1n) is 7.77. The number of rotatable bonds is 4.